The molecule has 126 valence electrons. The number of thioether (sulfide) groups is 4. The van der Waals surface area contributed by atoms with Gasteiger partial charge in [-0.2, -0.15) is 0 Å². The van der Waals surface area contributed by atoms with Crippen LogP contribution in [0.1, 0.15) is 0 Å². The predicted molar refractivity (Wildman–Crippen MR) is 120 cm³/mol. The second-order valence-corrected chi connectivity index (χ2v) is 9.76. The number of aromatic nitrogens is 2. The van der Waals surface area contributed by atoms with Crippen LogP contribution >= 0.6 is 47.0 Å². The number of fused-ring (bicyclic) bond motifs is 3. The van der Waals surface area contributed by atoms with E-state index in [0.29, 0.717) is 0 Å². The third kappa shape index (κ3) is 3.09. The Balaban J connectivity index is 1.51. The van der Waals surface area contributed by atoms with Crippen LogP contribution in [0.3, 0.4) is 0 Å². The minimum absolute atomic E-state index is 0.896. The first-order valence-corrected chi connectivity index (χ1v) is 11.3. The Morgan fingerprint density at radius 3 is 2.58 bits per heavy atom. The Morgan fingerprint density at radius 1 is 0.885 bits per heavy atom. The maximum Gasteiger partial charge on any atom is 0.0986 e. The molecule has 3 aromatic rings. The van der Waals surface area contributed by atoms with Gasteiger partial charge >= 0.3 is 0 Å². The summed E-state index contributed by atoms with van der Waals surface area (Å²) >= 11 is 7.13. The van der Waals surface area contributed by atoms with Crippen molar-refractivity contribution < 1.29 is 0 Å². The first-order valence-electron chi connectivity index (χ1n) is 7.82. The van der Waals surface area contributed by atoms with Crippen molar-refractivity contribution in [2.75, 3.05) is 0 Å². The van der Waals surface area contributed by atoms with E-state index in [4.69, 9.17) is 4.99 Å². The van der Waals surface area contributed by atoms with E-state index >= 15 is 0 Å². The highest BCUT2D eigenvalue weighted by atomic mass is 32.2. The Morgan fingerprint density at radius 2 is 1.69 bits per heavy atom. The van der Waals surface area contributed by atoms with Gasteiger partial charge in [-0.05, 0) is 40.5 Å². The highest BCUT2D eigenvalue weighted by molar-refractivity contribution is 8.33. The molecular formula is C19H11N3S4. The second-order valence-electron chi connectivity index (χ2n) is 5.45. The zero-order chi connectivity index (χ0) is 17.3. The molecule has 1 aromatic carbocycles. The van der Waals surface area contributed by atoms with Gasteiger partial charge in [0, 0.05) is 34.3 Å². The molecule has 2 aliphatic heterocycles. The monoisotopic (exact) mass is 409 g/mol. The molecule has 0 saturated carbocycles. The van der Waals surface area contributed by atoms with Gasteiger partial charge in [-0.3, -0.25) is 15.0 Å². The summed E-state index contributed by atoms with van der Waals surface area (Å²) in [5, 5.41) is 8.50. The molecule has 0 spiro atoms. The Labute approximate surface area is 167 Å². The third-order valence-electron chi connectivity index (χ3n) is 3.84. The number of nitrogens with zero attached hydrogens (tertiary/aromatic N) is 3. The molecule has 3 nitrogen and oxygen atoms in total. The van der Waals surface area contributed by atoms with Gasteiger partial charge in [0.15, 0.2) is 0 Å². The normalized spacial score (nSPS) is 17.2. The summed E-state index contributed by atoms with van der Waals surface area (Å²) in [6, 6.07) is 10.1. The van der Waals surface area contributed by atoms with E-state index in [1.165, 1.54) is 8.47 Å². The number of aliphatic imine (C=N–C) groups is 1. The van der Waals surface area contributed by atoms with Gasteiger partial charge in [-0.1, -0.05) is 53.1 Å². The highest BCUT2D eigenvalue weighted by Crippen LogP contribution is 2.52. The van der Waals surface area contributed by atoms with E-state index in [-0.39, 0.29) is 0 Å². The topological polar surface area (TPSA) is 38.1 Å². The fourth-order valence-corrected chi connectivity index (χ4v) is 7.02. The van der Waals surface area contributed by atoms with Crippen LogP contribution in [0.25, 0.3) is 21.8 Å². The maximum absolute atomic E-state index is 4.78. The van der Waals surface area contributed by atoms with Gasteiger partial charge < -0.3 is 0 Å². The molecule has 0 unspecified atom stereocenters. The van der Waals surface area contributed by atoms with Crippen LogP contribution in [-0.4, -0.2) is 16.2 Å². The van der Waals surface area contributed by atoms with E-state index in [0.717, 1.165) is 32.4 Å². The molecule has 4 heterocycles. The zero-order valence-corrected chi connectivity index (χ0v) is 16.6. The minimum atomic E-state index is 0.896. The van der Waals surface area contributed by atoms with Crippen LogP contribution < -0.4 is 0 Å². The number of hydrogen-bond donors (Lipinski definition) is 0. The van der Waals surface area contributed by atoms with Crippen LogP contribution in [0.2, 0.25) is 0 Å². The molecule has 2 aliphatic rings. The minimum Gasteiger partial charge on any atom is -0.255 e. The SMILES string of the molecule is C1=CSC(=C2SC=C(C=Nc3cc4cccnc4c4ncccc34)S2)S1. The molecule has 0 atom stereocenters. The molecular weight excluding hydrogens is 398 g/mol. The first-order chi connectivity index (χ1) is 12.9. The second kappa shape index (κ2) is 7.15. The van der Waals surface area contributed by atoms with Crippen LogP contribution in [0, 0.1) is 0 Å². The molecule has 5 rings (SSSR count). The number of hydrogen-bond acceptors (Lipinski definition) is 7. The molecule has 2 aromatic heterocycles. The summed E-state index contributed by atoms with van der Waals surface area (Å²) in [6.45, 7) is 0. The van der Waals surface area contributed by atoms with E-state index in [9.17, 15) is 0 Å². The summed E-state index contributed by atoms with van der Waals surface area (Å²) in [7, 11) is 0. The summed E-state index contributed by atoms with van der Waals surface area (Å²) in [6.07, 6.45) is 5.56. The lowest BCUT2D eigenvalue weighted by molar-refractivity contribution is 1.37. The average molecular weight is 410 g/mol. The fourth-order valence-electron chi connectivity index (χ4n) is 2.71. The fraction of sp³-hybridized carbons (Fsp3) is 0. The Bertz CT molecular complexity index is 1140. The summed E-state index contributed by atoms with van der Waals surface area (Å²) < 4.78 is 2.69. The number of rotatable bonds is 2. The van der Waals surface area contributed by atoms with Gasteiger partial charge in [-0.15, -0.1) is 0 Å². The smallest absolute Gasteiger partial charge is 0.0986 e. The molecule has 26 heavy (non-hydrogen) atoms. The van der Waals surface area contributed by atoms with Crippen LogP contribution in [-0.2, 0) is 0 Å². The Hall–Kier alpha value is -1.67. The van der Waals surface area contributed by atoms with E-state index in [1.807, 2.05) is 18.3 Å². The van der Waals surface area contributed by atoms with Crippen molar-refractivity contribution in [3.63, 3.8) is 0 Å². The lowest BCUT2D eigenvalue weighted by Gasteiger charge is -2.05. The van der Waals surface area contributed by atoms with Crippen molar-refractivity contribution in [3.8, 4) is 0 Å². The van der Waals surface area contributed by atoms with Gasteiger partial charge in [0.05, 0.1) is 25.2 Å². The van der Waals surface area contributed by atoms with E-state index < -0.39 is 0 Å². The summed E-state index contributed by atoms with van der Waals surface area (Å²) in [4.78, 5) is 15.0. The van der Waals surface area contributed by atoms with Crippen molar-refractivity contribution in [3.05, 3.63) is 72.3 Å². The Kier molecular flexibility index (Phi) is 4.54. The predicted octanol–water partition coefficient (Wildman–Crippen LogP) is 6.88. The van der Waals surface area contributed by atoms with E-state index in [2.05, 4.69) is 44.4 Å². The molecule has 0 N–H and O–H groups in total. The van der Waals surface area contributed by atoms with Gasteiger partial charge in [-0.25, -0.2) is 0 Å². The number of allylic oxidation sites excluding steroid dienone is 1. The average Bonchev–Trinajstić information content (AvgIpc) is 3.38. The van der Waals surface area contributed by atoms with Crippen LogP contribution in [0.4, 0.5) is 5.69 Å². The van der Waals surface area contributed by atoms with Crippen molar-refractivity contribution in [2.45, 2.75) is 0 Å². The standard InChI is InChI=1S/C19H11N3S4/c1-3-12-9-15(14-4-2-6-21-17(14)16(12)20-5-1)22-10-13-11-25-19(26-13)18-23-7-8-24-18/h1-11H. The highest BCUT2D eigenvalue weighted by Gasteiger charge is 2.17. The van der Waals surface area contributed by atoms with Crippen molar-refractivity contribution in [1.29, 1.82) is 0 Å². The lowest BCUT2D eigenvalue weighted by Crippen LogP contribution is -1.85. The van der Waals surface area contributed by atoms with Gasteiger partial charge in [0.2, 0.25) is 0 Å². The number of benzene rings is 1. The molecule has 0 saturated heterocycles. The molecule has 0 fully saturated rings. The summed E-state index contributed by atoms with van der Waals surface area (Å²) in [5.41, 5.74) is 2.74. The van der Waals surface area contributed by atoms with Crippen LogP contribution in [0.5, 0.6) is 0 Å². The zero-order valence-electron chi connectivity index (χ0n) is 13.3. The van der Waals surface area contributed by atoms with Crippen molar-refractivity contribution in [1.82, 2.24) is 9.97 Å². The van der Waals surface area contributed by atoms with Gasteiger partial charge in [0.25, 0.3) is 0 Å². The first kappa shape index (κ1) is 16.5. The molecule has 0 bridgehead atoms. The number of pyridine rings is 2. The van der Waals surface area contributed by atoms with Crippen molar-refractivity contribution in [2.24, 2.45) is 4.99 Å². The largest absolute Gasteiger partial charge is 0.255 e. The molecule has 0 radical (unpaired) electrons. The molecule has 7 heteroatoms. The third-order valence-corrected chi connectivity index (χ3v) is 8.81. The quantitative estimate of drug-likeness (QED) is 0.339. The van der Waals surface area contributed by atoms with Crippen molar-refractivity contribution >= 4 is 80.8 Å². The lowest BCUT2D eigenvalue weighted by atomic mass is 10.1. The van der Waals surface area contributed by atoms with Gasteiger partial charge in [0.1, 0.15) is 0 Å². The molecule has 0 amide bonds. The summed E-state index contributed by atoms with van der Waals surface area (Å²) in [5.74, 6) is 0. The maximum atomic E-state index is 4.78. The van der Waals surface area contributed by atoms with E-state index in [1.54, 1.807) is 59.4 Å². The van der Waals surface area contributed by atoms with Crippen LogP contribution in [0.15, 0.2) is 77.3 Å². The molecule has 0 aliphatic carbocycles.